The Balaban J connectivity index is 3.05. The van der Waals surface area contributed by atoms with Crippen molar-refractivity contribution in [3.63, 3.8) is 0 Å². The second-order valence-corrected chi connectivity index (χ2v) is 3.06. The SMILES string of the molecule is CC(C)c1ccc(O)c(Cl)n1. The van der Waals surface area contributed by atoms with Gasteiger partial charge in [-0.05, 0) is 18.1 Å². The van der Waals surface area contributed by atoms with Gasteiger partial charge in [0, 0.05) is 5.69 Å². The molecule has 0 radical (unpaired) electrons. The van der Waals surface area contributed by atoms with Crippen molar-refractivity contribution >= 4 is 11.6 Å². The summed E-state index contributed by atoms with van der Waals surface area (Å²) in [5, 5.41) is 9.21. The second-order valence-electron chi connectivity index (χ2n) is 2.70. The summed E-state index contributed by atoms with van der Waals surface area (Å²) in [7, 11) is 0. The molecule has 2 nitrogen and oxygen atoms in total. The van der Waals surface area contributed by atoms with Crippen LogP contribution in [0, 0.1) is 0 Å². The zero-order chi connectivity index (χ0) is 8.43. The largest absolute Gasteiger partial charge is 0.505 e. The molecule has 0 atom stereocenters. The summed E-state index contributed by atoms with van der Waals surface area (Å²) in [6.07, 6.45) is 0. The molecule has 0 aromatic carbocycles. The highest BCUT2D eigenvalue weighted by atomic mass is 35.5. The molecule has 1 aromatic heterocycles. The summed E-state index contributed by atoms with van der Waals surface area (Å²) in [6, 6.07) is 3.33. The fraction of sp³-hybridized carbons (Fsp3) is 0.375. The van der Waals surface area contributed by atoms with E-state index in [2.05, 4.69) is 4.98 Å². The fourth-order valence-corrected chi connectivity index (χ4v) is 0.923. The minimum Gasteiger partial charge on any atom is -0.505 e. The maximum Gasteiger partial charge on any atom is 0.171 e. The summed E-state index contributed by atoms with van der Waals surface area (Å²) in [6.45, 7) is 4.05. The molecule has 0 aliphatic heterocycles. The van der Waals surface area contributed by atoms with Gasteiger partial charge in [-0.1, -0.05) is 25.4 Å². The van der Waals surface area contributed by atoms with Crippen molar-refractivity contribution in [1.29, 1.82) is 0 Å². The van der Waals surface area contributed by atoms with Gasteiger partial charge in [-0.3, -0.25) is 0 Å². The topological polar surface area (TPSA) is 33.1 Å². The molecular weight excluding hydrogens is 162 g/mol. The maximum absolute atomic E-state index is 9.03. The van der Waals surface area contributed by atoms with E-state index >= 15 is 0 Å². The van der Waals surface area contributed by atoms with Gasteiger partial charge >= 0.3 is 0 Å². The number of rotatable bonds is 1. The van der Waals surface area contributed by atoms with Crippen molar-refractivity contribution in [3.8, 4) is 5.75 Å². The lowest BCUT2D eigenvalue weighted by molar-refractivity contribution is 0.472. The van der Waals surface area contributed by atoms with Crippen molar-refractivity contribution in [2.45, 2.75) is 19.8 Å². The van der Waals surface area contributed by atoms with E-state index < -0.39 is 0 Å². The lowest BCUT2D eigenvalue weighted by atomic mass is 10.1. The first-order valence-electron chi connectivity index (χ1n) is 3.46. The van der Waals surface area contributed by atoms with Crippen molar-refractivity contribution in [2.75, 3.05) is 0 Å². The van der Waals surface area contributed by atoms with Crippen LogP contribution in [0.1, 0.15) is 25.5 Å². The third kappa shape index (κ3) is 1.84. The Morgan fingerprint density at radius 3 is 2.55 bits per heavy atom. The van der Waals surface area contributed by atoms with Crippen LogP contribution in [0.25, 0.3) is 0 Å². The fourth-order valence-electron chi connectivity index (χ4n) is 0.763. The van der Waals surface area contributed by atoms with Crippen molar-refractivity contribution in [2.24, 2.45) is 0 Å². The molecule has 0 fully saturated rings. The van der Waals surface area contributed by atoms with Crippen LogP contribution in [-0.2, 0) is 0 Å². The van der Waals surface area contributed by atoms with Crippen LogP contribution in [-0.4, -0.2) is 10.1 Å². The molecule has 1 aromatic rings. The Bertz CT molecular complexity index is 260. The Morgan fingerprint density at radius 2 is 2.09 bits per heavy atom. The molecule has 0 bridgehead atoms. The van der Waals surface area contributed by atoms with Gasteiger partial charge in [0.15, 0.2) is 10.9 Å². The minimum atomic E-state index is 0.0380. The number of nitrogens with zero attached hydrogens (tertiary/aromatic N) is 1. The summed E-state index contributed by atoms with van der Waals surface area (Å²) in [5.41, 5.74) is 0.896. The zero-order valence-electron chi connectivity index (χ0n) is 6.50. The summed E-state index contributed by atoms with van der Waals surface area (Å²) in [5.74, 6) is 0.379. The summed E-state index contributed by atoms with van der Waals surface area (Å²) < 4.78 is 0. The highest BCUT2D eigenvalue weighted by molar-refractivity contribution is 6.30. The van der Waals surface area contributed by atoms with Crippen molar-refractivity contribution in [3.05, 3.63) is 23.0 Å². The number of aromatic hydroxyl groups is 1. The van der Waals surface area contributed by atoms with Crippen LogP contribution in [0.2, 0.25) is 5.15 Å². The van der Waals surface area contributed by atoms with Crippen LogP contribution in [0.4, 0.5) is 0 Å². The quantitative estimate of drug-likeness (QED) is 0.659. The lowest BCUT2D eigenvalue weighted by Gasteiger charge is -2.04. The van der Waals surface area contributed by atoms with E-state index in [9.17, 15) is 0 Å². The average Bonchev–Trinajstić information content (AvgIpc) is 1.94. The van der Waals surface area contributed by atoms with Gasteiger partial charge in [0.2, 0.25) is 0 Å². The van der Waals surface area contributed by atoms with E-state index in [4.69, 9.17) is 16.7 Å². The van der Waals surface area contributed by atoms with Crippen LogP contribution < -0.4 is 0 Å². The Kier molecular flexibility index (Phi) is 2.35. The molecule has 0 saturated heterocycles. The van der Waals surface area contributed by atoms with Gasteiger partial charge < -0.3 is 5.11 Å². The highest BCUT2D eigenvalue weighted by Crippen LogP contribution is 2.22. The molecule has 1 heterocycles. The molecule has 0 aliphatic carbocycles. The van der Waals surface area contributed by atoms with Gasteiger partial charge in [0.25, 0.3) is 0 Å². The first kappa shape index (κ1) is 8.34. The molecule has 0 unspecified atom stereocenters. The van der Waals surface area contributed by atoms with Crippen LogP contribution >= 0.6 is 11.6 Å². The second kappa shape index (κ2) is 3.09. The number of hydrogen-bond donors (Lipinski definition) is 1. The van der Waals surface area contributed by atoms with Crippen LogP contribution in [0.5, 0.6) is 5.75 Å². The standard InChI is InChI=1S/C8H10ClNO/c1-5(2)6-3-4-7(11)8(9)10-6/h3-5,11H,1-2H3. The number of pyridine rings is 1. The van der Waals surface area contributed by atoms with E-state index in [0.29, 0.717) is 5.92 Å². The molecule has 3 heteroatoms. The minimum absolute atomic E-state index is 0.0380. The molecule has 60 valence electrons. The van der Waals surface area contributed by atoms with Gasteiger partial charge in [0.1, 0.15) is 0 Å². The van der Waals surface area contributed by atoms with E-state index in [1.165, 1.54) is 0 Å². The monoisotopic (exact) mass is 171 g/mol. The maximum atomic E-state index is 9.03. The molecule has 1 N–H and O–H groups in total. The normalized spacial score (nSPS) is 10.5. The van der Waals surface area contributed by atoms with Gasteiger partial charge in [-0.25, -0.2) is 4.98 Å². The van der Waals surface area contributed by atoms with E-state index in [1.54, 1.807) is 12.1 Å². The van der Waals surface area contributed by atoms with Gasteiger partial charge in [-0.2, -0.15) is 0 Å². The predicted octanol–water partition coefficient (Wildman–Crippen LogP) is 2.56. The third-order valence-electron chi connectivity index (χ3n) is 1.44. The molecule has 0 aliphatic rings. The predicted molar refractivity (Wildman–Crippen MR) is 45.0 cm³/mol. The smallest absolute Gasteiger partial charge is 0.171 e. The van der Waals surface area contributed by atoms with Gasteiger partial charge in [-0.15, -0.1) is 0 Å². The zero-order valence-corrected chi connectivity index (χ0v) is 7.26. The number of halogens is 1. The third-order valence-corrected chi connectivity index (χ3v) is 1.72. The lowest BCUT2D eigenvalue weighted by Crippen LogP contribution is -1.91. The Hall–Kier alpha value is -0.760. The molecular formula is C8H10ClNO. The van der Waals surface area contributed by atoms with E-state index in [0.717, 1.165) is 5.69 Å². The number of aromatic nitrogens is 1. The Labute approximate surface area is 70.8 Å². The molecule has 1 rings (SSSR count). The first-order chi connectivity index (χ1) is 5.11. The summed E-state index contributed by atoms with van der Waals surface area (Å²) >= 11 is 5.60. The molecule has 0 spiro atoms. The summed E-state index contributed by atoms with van der Waals surface area (Å²) in [4.78, 5) is 3.99. The van der Waals surface area contributed by atoms with Crippen molar-refractivity contribution in [1.82, 2.24) is 4.98 Å². The van der Waals surface area contributed by atoms with Crippen molar-refractivity contribution < 1.29 is 5.11 Å². The highest BCUT2D eigenvalue weighted by Gasteiger charge is 2.03. The molecule has 0 saturated carbocycles. The van der Waals surface area contributed by atoms with E-state index in [1.807, 2.05) is 13.8 Å². The first-order valence-corrected chi connectivity index (χ1v) is 3.84. The molecule has 11 heavy (non-hydrogen) atoms. The Morgan fingerprint density at radius 1 is 1.45 bits per heavy atom. The van der Waals surface area contributed by atoms with Gasteiger partial charge in [0.05, 0.1) is 0 Å². The van der Waals surface area contributed by atoms with Crippen LogP contribution in [0.15, 0.2) is 12.1 Å². The van der Waals surface area contributed by atoms with Crippen LogP contribution in [0.3, 0.4) is 0 Å². The molecule has 0 amide bonds. The van der Waals surface area contributed by atoms with E-state index in [-0.39, 0.29) is 10.9 Å². The average molecular weight is 172 g/mol. The number of hydrogen-bond acceptors (Lipinski definition) is 2.